The second kappa shape index (κ2) is 9.65. The van der Waals surface area contributed by atoms with E-state index in [1.165, 1.54) is 36.5 Å². The molecule has 0 aliphatic carbocycles. The van der Waals surface area contributed by atoms with Gasteiger partial charge in [-0.05, 0) is 43.3 Å². The zero-order valence-corrected chi connectivity index (χ0v) is 20.2. The van der Waals surface area contributed by atoms with Crippen LogP contribution in [-0.4, -0.2) is 23.2 Å². The topological polar surface area (TPSA) is 135 Å². The highest BCUT2D eigenvalue weighted by molar-refractivity contribution is 7.90. The normalized spacial score (nSPS) is 11.8. The number of anilines is 1. The molecule has 9 nitrogen and oxygen atoms in total. The number of rotatable bonds is 6. The Kier molecular flexibility index (Phi) is 6.61. The number of aromatic nitrogens is 1. The lowest BCUT2D eigenvalue weighted by Gasteiger charge is -2.07. The maximum absolute atomic E-state index is 13.4. The second-order valence-electron chi connectivity index (χ2n) is 7.76. The van der Waals surface area contributed by atoms with Crippen molar-refractivity contribution in [2.45, 2.75) is 11.8 Å². The van der Waals surface area contributed by atoms with Gasteiger partial charge < -0.3 is 5.32 Å². The molecule has 0 saturated heterocycles. The minimum absolute atomic E-state index is 0.0812. The highest BCUT2D eigenvalue weighted by Crippen LogP contribution is 2.30. The maximum Gasteiger partial charge on any atom is 0.294 e. The Labute approximate surface area is 211 Å². The van der Waals surface area contributed by atoms with Crippen molar-refractivity contribution in [3.8, 4) is 6.07 Å². The lowest BCUT2D eigenvalue weighted by molar-refractivity contribution is -0.383. The predicted octanol–water partition coefficient (Wildman–Crippen LogP) is 5.29. The van der Waals surface area contributed by atoms with Crippen LogP contribution in [-0.2, 0) is 14.8 Å². The van der Waals surface area contributed by atoms with Gasteiger partial charge in [-0.15, -0.1) is 0 Å². The minimum atomic E-state index is -3.98. The highest BCUT2D eigenvalue weighted by atomic mass is 35.5. The molecule has 0 radical (unpaired) electrons. The fraction of sp³-hybridized carbons (Fsp3) is 0.0400. The van der Waals surface area contributed by atoms with Crippen molar-refractivity contribution >= 4 is 55.9 Å². The van der Waals surface area contributed by atoms with Crippen LogP contribution in [0, 0.1) is 28.4 Å². The number of carbonyl (C=O) groups excluding carboxylic acids is 1. The number of halogens is 1. The number of nitro benzene ring substituents is 1. The molecule has 1 aromatic heterocycles. The molecule has 11 heteroatoms. The number of amides is 1. The van der Waals surface area contributed by atoms with Crippen molar-refractivity contribution in [2.24, 2.45) is 0 Å². The van der Waals surface area contributed by atoms with Gasteiger partial charge in [-0.3, -0.25) is 14.9 Å². The molecule has 180 valence electrons. The molecule has 0 fully saturated rings. The van der Waals surface area contributed by atoms with Crippen LogP contribution in [0.25, 0.3) is 17.0 Å². The monoisotopic (exact) mass is 520 g/mol. The summed E-state index contributed by atoms with van der Waals surface area (Å²) in [6, 6.07) is 18.5. The fourth-order valence-electron chi connectivity index (χ4n) is 3.57. The van der Waals surface area contributed by atoms with Crippen LogP contribution in [0.5, 0.6) is 0 Å². The van der Waals surface area contributed by atoms with Crippen LogP contribution in [0.4, 0.5) is 11.4 Å². The number of benzene rings is 3. The smallest absolute Gasteiger partial charge is 0.294 e. The third-order valence-electron chi connectivity index (χ3n) is 5.36. The quantitative estimate of drug-likeness (QED) is 0.159. The minimum Gasteiger partial charge on any atom is -0.316 e. The lowest BCUT2D eigenvalue weighted by Crippen LogP contribution is -2.14. The van der Waals surface area contributed by atoms with Gasteiger partial charge in [0.05, 0.1) is 15.3 Å². The number of nitriles is 1. The zero-order chi connectivity index (χ0) is 26.0. The van der Waals surface area contributed by atoms with Crippen LogP contribution in [0.2, 0.25) is 5.02 Å². The van der Waals surface area contributed by atoms with Gasteiger partial charge in [0.15, 0.2) is 0 Å². The van der Waals surface area contributed by atoms with Gasteiger partial charge in [-0.1, -0.05) is 47.5 Å². The van der Waals surface area contributed by atoms with Gasteiger partial charge >= 0.3 is 0 Å². The first-order valence-electron chi connectivity index (χ1n) is 10.4. The van der Waals surface area contributed by atoms with E-state index in [2.05, 4.69) is 5.32 Å². The van der Waals surface area contributed by atoms with Crippen molar-refractivity contribution in [2.75, 3.05) is 5.32 Å². The largest absolute Gasteiger partial charge is 0.316 e. The molecule has 4 aromatic rings. The number of nitro groups is 1. The summed E-state index contributed by atoms with van der Waals surface area (Å²) in [5.74, 6) is -0.902. The van der Waals surface area contributed by atoms with Crippen molar-refractivity contribution in [3.63, 3.8) is 0 Å². The fourth-order valence-corrected chi connectivity index (χ4v) is 5.11. The van der Waals surface area contributed by atoms with E-state index in [1.807, 2.05) is 6.92 Å². The number of hydrogen-bond donors (Lipinski definition) is 1. The van der Waals surface area contributed by atoms with E-state index in [0.717, 1.165) is 15.6 Å². The summed E-state index contributed by atoms with van der Waals surface area (Å²) in [5.41, 5.74) is 0.609. The zero-order valence-electron chi connectivity index (χ0n) is 18.7. The number of hydrogen-bond acceptors (Lipinski definition) is 6. The van der Waals surface area contributed by atoms with Gasteiger partial charge in [0.1, 0.15) is 17.3 Å². The summed E-state index contributed by atoms with van der Waals surface area (Å²) >= 11 is 5.81. The van der Waals surface area contributed by atoms with E-state index in [4.69, 9.17) is 11.6 Å². The molecule has 1 heterocycles. The molecule has 4 rings (SSSR count). The Hall–Kier alpha value is -4.46. The number of para-hydroxylation sites is 1. The van der Waals surface area contributed by atoms with Crippen LogP contribution in [0.1, 0.15) is 11.1 Å². The summed E-state index contributed by atoms with van der Waals surface area (Å²) in [6.45, 7) is 1.84. The highest BCUT2D eigenvalue weighted by Gasteiger charge is 2.22. The third-order valence-corrected chi connectivity index (χ3v) is 7.28. The molecule has 0 aliphatic heterocycles. The lowest BCUT2D eigenvalue weighted by atomic mass is 10.1. The molecule has 0 atom stereocenters. The van der Waals surface area contributed by atoms with Crippen molar-refractivity contribution < 1.29 is 18.1 Å². The average Bonchev–Trinajstić information content (AvgIpc) is 3.23. The SMILES string of the molecule is Cc1ccc(S(=O)(=O)n2cc(/C=C(\C#N)C(=O)Nc3ccc(Cl)cc3[N+](=O)[O-])c3ccccc32)cc1. The molecule has 0 bridgehead atoms. The average molecular weight is 521 g/mol. The van der Waals surface area contributed by atoms with Gasteiger partial charge in [0.25, 0.3) is 21.6 Å². The number of nitrogens with zero attached hydrogens (tertiary/aromatic N) is 3. The number of nitrogens with one attached hydrogen (secondary N) is 1. The Morgan fingerprint density at radius 2 is 1.83 bits per heavy atom. The van der Waals surface area contributed by atoms with Crippen molar-refractivity contribution in [3.05, 3.63) is 105 Å². The Morgan fingerprint density at radius 1 is 1.14 bits per heavy atom. The molecule has 1 N–H and O–H groups in total. The molecule has 0 spiro atoms. The van der Waals surface area contributed by atoms with Gasteiger partial charge in [0, 0.05) is 28.2 Å². The molecular formula is C25H17ClN4O5S. The molecule has 0 unspecified atom stereocenters. The first-order valence-corrected chi connectivity index (χ1v) is 12.2. The van der Waals surface area contributed by atoms with E-state index in [-0.39, 0.29) is 21.2 Å². The first kappa shape index (κ1) is 24.7. The second-order valence-corrected chi connectivity index (χ2v) is 10.0. The van der Waals surface area contributed by atoms with Gasteiger partial charge in [-0.25, -0.2) is 12.4 Å². The standard InChI is InChI=1S/C25H17ClN4O5S/c1-16-6-9-20(10-7-16)36(34,35)29-15-18(21-4-2-3-5-23(21)29)12-17(14-27)25(31)28-22-11-8-19(26)13-24(22)30(32)33/h2-13,15H,1H3,(H,28,31)/b17-12+. The van der Waals surface area contributed by atoms with Crippen LogP contribution < -0.4 is 5.32 Å². The summed E-state index contributed by atoms with van der Waals surface area (Å²) in [7, 11) is -3.98. The van der Waals surface area contributed by atoms with Crippen LogP contribution >= 0.6 is 11.6 Å². The number of fused-ring (bicyclic) bond motifs is 1. The molecular weight excluding hydrogens is 504 g/mol. The molecule has 36 heavy (non-hydrogen) atoms. The van der Waals surface area contributed by atoms with Gasteiger partial charge in [0.2, 0.25) is 0 Å². The van der Waals surface area contributed by atoms with Crippen LogP contribution in [0.15, 0.2) is 83.4 Å². The third kappa shape index (κ3) is 4.70. The summed E-state index contributed by atoms with van der Waals surface area (Å²) in [4.78, 5) is 23.5. The van der Waals surface area contributed by atoms with Crippen LogP contribution in [0.3, 0.4) is 0 Å². The number of carbonyl (C=O) groups is 1. The Balaban J connectivity index is 1.78. The summed E-state index contributed by atoms with van der Waals surface area (Å²) < 4.78 is 27.8. The first-order chi connectivity index (χ1) is 17.1. The molecule has 0 saturated carbocycles. The Morgan fingerprint density at radius 3 is 2.50 bits per heavy atom. The van der Waals surface area contributed by atoms with E-state index in [1.54, 1.807) is 42.5 Å². The van der Waals surface area contributed by atoms with E-state index in [0.29, 0.717) is 16.5 Å². The van der Waals surface area contributed by atoms with Crippen molar-refractivity contribution in [1.29, 1.82) is 5.26 Å². The summed E-state index contributed by atoms with van der Waals surface area (Å²) in [5, 5.41) is 23.9. The molecule has 0 aliphatic rings. The van der Waals surface area contributed by atoms with Crippen molar-refractivity contribution in [1.82, 2.24) is 3.97 Å². The van der Waals surface area contributed by atoms with Gasteiger partial charge in [-0.2, -0.15) is 5.26 Å². The van der Waals surface area contributed by atoms with E-state index >= 15 is 0 Å². The van der Waals surface area contributed by atoms with E-state index < -0.39 is 26.5 Å². The molecule has 1 amide bonds. The predicted molar refractivity (Wildman–Crippen MR) is 136 cm³/mol. The van der Waals surface area contributed by atoms with E-state index in [9.17, 15) is 28.6 Å². The summed E-state index contributed by atoms with van der Waals surface area (Å²) in [6.07, 6.45) is 2.57. The molecule has 3 aromatic carbocycles. The maximum atomic E-state index is 13.4. The number of aryl methyl sites for hydroxylation is 1. The Bertz CT molecular complexity index is 1700.